The van der Waals surface area contributed by atoms with Gasteiger partial charge in [-0.2, -0.15) is 13.2 Å². The Hall–Kier alpha value is -4.00. The molecule has 1 amide bonds. The maximum absolute atomic E-state index is 14.2. The molecule has 2 aliphatic heterocycles. The van der Waals surface area contributed by atoms with Crippen LogP contribution in [0.25, 0.3) is 11.0 Å². The molecule has 4 aromatic rings. The fraction of sp³-hybridized carbons (Fsp3) is 0.472. The third-order valence-corrected chi connectivity index (χ3v) is 9.50. The molecule has 0 saturated carbocycles. The molecule has 6 rings (SSSR count). The number of methoxy groups -OCH3 is 1. The summed E-state index contributed by atoms with van der Waals surface area (Å²) in [5.74, 6) is 0.957. The van der Waals surface area contributed by atoms with Gasteiger partial charge in [0, 0.05) is 77.2 Å². The first-order valence-electron chi connectivity index (χ1n) is 16.7. The molecule has 1 fully saturated rings. The molecule has 5 heterocycles. The predicted molar refractivity (Wildman–Crippen MR) is 177 cm³/mol. The Morgan fingerprint density at radius 2 is 1.83 bits per heavy atom. The second kappa shape index (κ2) is 14.6. The highest BCUT2D eigenvalue weighted by Gasteiger charge is 2.35. The summed E-state index contributed by atoms with van der Waals surface area (Å²) in [5, 5.41) is 0.841. The topological polar surface area (TPSA) is 86.8 Å². The second-order valence-electron chi connectivity index (χ2n) is 12.7. The van der Waals surface area contributed by atoms with Gasteiger partial charge in [-0.3, -0.25) is 14.7 Å². The van der Waals surface area contributed by atoms with E-state index in [1.54, 1.807) is 42.6 Å². The van der Waals surface area contributed by atoms with Crippen molar-refractivity contribution >= 4 is 16.9 Å². The van der Waals surface area contributed by atoms with Gasteiger partial charge in [-0.05, 0) is 53.9 Å². The van der Waals surface area contributed by atoms with Crippen molar-refractivity contribution in [3.63, 3.8) is 0 Å². The summed E-state index contributed by atoms with van der Waals surface area (Å²) in [6.45, 7) is 9.83. The van der Waals surface area contributed by atoms with Gasteiger partial charge in [0.1, 0.15) is 17.1 Å². The number of ether oxygens (including phenoxy) is 2. The first-order valence-corrected chi connectivity index (χ1v) is 16.7. The second-order valence-corrected chi connectivity index (χ2v) is 12.7. The number of hydrogen-bond donors (Lipinski definition) is 1. The molecule has 0 spiro atoms. The van der Waals surface area contributed by atoms with Gasteiger partial charge in [0.2, 0.25) is 5.91 Å². The first-order chi connectivity index (χ1) is 23.1. The number of likely N-dealkylation sites (N-methyl/N-ethyl adjacent to an activating group) is 1. The van der Waals surface area contributed by atoms with Crippen LogP contribution in [0.5, 0.6) is 11.5 Å². The molecule has 256 valence electrons. The highest BCUT2D eigenvalue weighted by molar-refractivity contribution is 5.83. The molecule has 0 radical (unpaired) electrons. The number of alkyl halides is 3. The van der Waals surface area contributed by atoms with E-state index < -0.39 is 11.7 Å². The Morgan fingerprint density at radius 3 is 2.56 bits per heavy atom. The zero-order valence-corrected chi connectivity index (χ0v) is 27.8. The fourth-order valence-electron chi connectivity index (χ4n) is 6.73. The number of amides is 1. The predicted octanol–water partition coefficient (Wildman–Crippen LogP) is 6.17. The smallest absolute Gasteiger partial charge is 0.416 e. The molecule has 1 aromatic carbocycles. The summed E-state index contributed by atoms with van der Waals surface area (Å²) in [6, 6.07) is 10.1. The largest absolute Gasteiger partial charge is 0.455 e. The van der Waals surface area contributed by atoms with Crippen LogP contribution in [0, 0.1) is 0 Å². The van der Waals surface area contributed by atoms with E-state index >= 15 is 0 Å². The van der Waals surface area contributed by atoms with E-state index in [2.05, 4.69) is 26.7 Å². The van der Waals surface area contributed by atoms with Gasteiger partial charge in [0.25, 0.3) is 0 Å². The Bertz CT molecular complexity index is 1730. The van der Waals surface area contributed by atoms with Crippen molar-refractivity contribution in [2.75, 3.05) is 53.0 Å². The quantitative estimate of drug-likeness (QED) is 0.205. The highest BCUT2D eigenvalue weighted by Crippen LogP contribution is 2.36. The summed E-state index contributed by atoms with van der Waals surface area (Å²) in [6.07, 6.45) is 0.244. The van der Waals surface area contributed by atoms with E-state index in [9.17, 15) is 18.0 Å². The molecule has 9 nitrogen and oxygen atoms in total. The van der Waals surface area contributed by atoms with Crippen LogP contribution in [0.3, 0.4) is 0 Å². The van der Waals surface area contributed by atoms with Crippen LogP contribution in [0.1, 0.15) is 59.8 Å². The summed E-state index contributed by atoms with van der Waals surface area (Å²) in [5.41, 5.74) is 3.43. The van der Waals surface area contributed by atoms with Gasteiger partial charge in [-0.15, -0.1) is 0 Å². The number of fused-ring (bicyclic) bond motifs is 2. The van der Waals surface area contributed by atoms with E-state index in [1.807, 2.05) is 19.1 Å². The molecule has 1 atom stereocenters. The van der Waals surface area contributed by atoms with Crippen LogP contribution in [0.2, 0.25) is 0 Å². The Kier molecular flexibility index (Phi) is 10.3. The minimum Gasteiger partial charge on any atom is -0.455 e. The monoisotopic (exact) mass is 664 g/mol. The average molecular weight is 665 g/mol. The third-order valence-electron chi connectivity index (χ3n) is 9.50. The van der Waals surface area contributed by atoms with Gasteiger partial charge in [-0.1, -0.05) is 26.0 Å². The molecular formula is C36H43F3N6O3. The van der Waals surface area contributed by atoms with Crippen LogP contribution >= 0.6 is 0 Å². The van der Waals surface area contributed by atoms with Crippen LogP contribution in [0.15, 0.2) is 48.8 Å². The maximum atomic E-state index is 14.2. The normalized spacial score (nSPS) is 17.5. The Labute approximate surface area is 279 Å². The van der Waals surface area contributed by atoms with E-state index in [4.69, 9.17) is 14.5 Å². The number of carbonyl (C=O) groups is 1. The number of H-pyrrole nitrogens is 1. The number of pyridine rings is 2. The van der Waals surface area contributed by atoms with Crippen molar-refractivity contribution in [3.8, 4) is 11.5 Å². The van der Waals surface area contributed by atoms with Crippen LogP contribution < -0.4 is 4.74 Å². The molecule has 12 heteroatoms. The van der Waals surface area contributed by atoms with Crippen molar-refractivity contribution < 1.29 is 27.4 Å². The van der Waals surface area contributed by atoms with E-state index in [1.165, 1.54) is 0 Å². The van der Waals surface area contributed by atoms with Gasteiger partial charge in [-0.25, -0.2) is 4.98 Å². The van der Waals surface area contributed by atoms with Gasteiger partial charge < -0.3 is 24.3 Å². The third kappa shape index (κ3) is 7.66. The van der Waals surface area contributed by atoms with Gasteiger partial charge >= 0.3 is 6.18 Å². The summed E-state index contributed by atoms with van der Waals surface area (Å²) >= 11 is 0. The SMILES string of the molecule is CC[C@@H]1CN(C(=O)Cc2ccc(CN3CCN(CC)CC3)c(C(F)(F)F)c2)Cc2cc(Oc3ccnc4[nH]c(CCOC)cc34)cnc21. The summed E-state index contributed by atoms with van der Waals surface area (Å²) < 4.78 is 54.2. The van der Waals surface area contributed by atoms with E-state index in [0.29, 0.717) is 48.8 Å². The lowest BCUT2D eigenvalue weighted by Crippen LogP contribution is -2.45. The first kappa shape index (κ1) is 33.9. The number of aromatic nitrogens is 3. The fourth-order valence-corrected chi connectivity index (χ4v) is 6.73. The maximum Gasteiger partial charge on any atom is 0.416 e. The molecule has 1 N–H and O–H groups in total. The van der Waals surface area contributed by atoms with Crippen LogP contribution in [0.4, 0.5) is 13.2 Å². The number of halogens is 3. The van der Waals surface area contributed by atoms with Crippen molar-refractivity contribution in [2.24, 2.45) is 0 Å². The van der Waals surface area contributed by atoms with Crippen molar-refractivity contribution in [3.05, 3.63) is 82.4 Å². The number of piperazine rings is 1. The molecular weight excluding hydrogens is 621 g/mol. The standard InChI is InChI=1S/C36H43F3N6O3/c1-4-25-22-45(33(46)17-24-6-7-26(31(16-24)36(37,38)39)21-44-13-11-43(5-2)12-14-44)23-27-18-29(20-41-34(25)27)48-32-8-10-40-35-30(32)19-28(42-35)9-15-47-3/h6-8,10,16,18-20,25H,4-5,9,11-15,17,21-23H2,1-3H3,(H,40,42)/t25-/m1/s1. The van der Waals surface area contributed by atoms with Crippen LogP contribution in [-0.4, -0.2) is 88.5 Å². The highest BCUT2D eigenvalue weighted by atomic mass is 19.4. The molecule has 3 aromatic heterocycles. The number of nitrogens with zero attached hydrogens (tertiary/aromatic N) is 5. The number of nitrogens with one attached hydrogen (secondary N) is 1. The molecule has 0 bridgehead atoms. The lowest BCUT2D eigenvalue weighted by molar-refractivity contribution is -0.139. The zero-order chi connectivity index (χ0) is 33.8. The van der Waals surface area contributed by atoms with Crippen molar-refractivity contribution in [1.29, 1.82) is 0 Å². The molecule has 1 saturated heterocycles. The van der Waals surface area contributed by atoms with Crippen LogP contribution in [-0.2, 0) is 41.6 Å². The number of carbonyl (C=O) groups excluding carboxylic acids is 1. The minimum absolute atomic E-state index is 0.00804. The van der Waals surface area contributed by atoms with Gasteiger partial charge in [0.05, 0.1) is 35.9 Å². The molecule has 0 aliphatic carbocycles. The van der Waals surface area contributed by atoms with Crippen molar-refractivity contribution in [1.82, 2.24) is 29.7 Å². The Balaban J connectivity index is 1.17. The van der Waals surface area contributed by atoms with Crippen molar-refractivity contribution in [2.45, 2.75) is 58.3 Å². The number of hydrogen-bond acceptors (Lipinski definition) is 7. The Morgan fingerprint density at radius 1 is 1.04 bits per heavy atom. The lowest BCUT2D eigenvalue weighted by atomic mass is 9.92. The molecule has 2 aliphatic rings. The number of aromatic amines is 1. The molecule has 0 unspecified atom stereocenters. The number of benzene rings is 1. The summed E-state index contributed by atoms with van der Waals surface area (Å²) in [7, 11) is 1.66. The van der Waals surface area contributed by atoms with Gasteiger partial charge in [0.15, 0.2) is 0 Å². The lowest BCUT2D eigenvalue weighted by Gasteiger charge is -2.34. The van der Waals surface area contributed by atoms with E-state index in [-0.39, 0.29) is 30.4 Å². The average Bonchev–Trinajstić information content (AvgIpc) is 3.51. The minimum atomic E-state index is -4.51. The number of rotatable bonds is 11. The molecule has 48 heavy (non-hydrogen) atoms. The van der Waals surface area contributed by atoms with E-state index in [0.717, 1.165) is 67.5 Å². The zero-order valence-electron chi connectivity index (χ0n) is 27.8. The summed E-state index contributed by atoms with van der Waals surface area (Å²) in [4.78, 5) is 32.2.